The molecule has 0 spiro atoms. The fraction of sp³-hybridized carbons (Fsp3) is 0.333. The molecule has 0 atom stereocenters. The molecule has 0 radical (unpaired) electrons. The minimum atomic E-state index is 0.122. The highest BCUT2D eigenvalue weighted by Gasteiger charge is 2.10. The molecule has 0 aliphatic carbocycles. The molecule has 2 aromatic rings. The van der Waals surface area contributed by atoms with E-state index in [0.29, 0.717) is 5.92 Å². The molecule has 4 nitrogen and oxygen atoms in total. The van der Waals surface area contributed by atoms with Crippen LogP contribution in [0.2, 0.25) is 0 Å². The van der Waals surface area contributed by atoms with Gasteiger partial charge < -0.3 is 5.11 Å². The standard InChI is InChI=1S/C9H11N3O/c1-6(2)7-5-11-12-8(13)3-4-10-9(7)12/h3-6,13H,1-2H3. The molecule has 0 aliphatic heterocycles. The SMILES string of the molecule is CC(C)c1cnn2c(O)ccnc12. The second kappa shape index (κ2) is 2.73. The van der Waals surface area contributed by atoms with E-state index >= 15 is 0 Å². The van der Waals surface area contributed by atoms with Gasteiger partial charge in [0.2, 0.25) is 5.88 Å². The van der Waals surface area contributed by atoms with Gasteiger partial charge in [-0.3, -0.25) is 0 Å². The Hall–Kier alpha value is -1.58. The van der Waals surface area contributed by atoms with Crippen molar-refractivity contribution in [2.75, 3.05) is 0 Å². The molecule has 2 heterocycles. The number of rotatable bonds is 1. The maximum atomic E-state index is 9.43. The molecule has 1 N–H and O–H groups in total. The summed E-state index contributed by atoms with van der Waals surface area (Å²) in [5, 5.41) is 13.5. The largest absolute Gasteiger partial charge is 0.493 e. The van der Waals surface area contributed by atoms with Crippen molar-refractivity contribution in [2.45, 2.75) is 19.8 Å². The van der Waals surface area contributed by atoms with Crippen molar-refractivity contribution in [1.82, 2.24) is 14.6 Å². The van der Waals surface area contributed by atoms with Gasteiger partial charge in [-0.1, -0.05) is 13.8 Å². The van der Waals surface area contributed by atoms with Gasteiger partial charge >= 0.3 is 0 Å². The van der Waals surface area contributed by atoms with Crippen LogP contribution in [0.15, 0.2) is 18.5 Å². The monoisotopic (exact) mass is 177 g/mol. The average Bonchev–Trinajstić information content (AvgIpc) is 2.48. The second-order valence-electron chi connectivity index (χ2n) is 3.29. The Bertz CT molecular complexity index is 433. The van der Waals surface area contributed by atoms with Crippen molar-refractivity contribution in [1.29, 1.82) is 0 Å². The molecule has 2 aromatic heterocycles. The quantitative estimate of drug-likeness (QED) is 0.719. The van der Waals surface area contributed by atoms with Crippen LogP contribution in [0.3, 0.4) is 0 Å². The van der Waals surface area contributed by atoms with Crippen molar-refractivity contribution >= 4 is 5.65 Å². The zero-order valence-electron chi connectivity index (χ0n) is 7.60. The summed E-state index contributed by atoms with van der Waals surface area (Å²) in [6.07, 6.45) is 3.32. The Balaban J connectivity index is 2.75. The molecule has 0 bridgehead atoms. The molecule has 68 valence electrons. The summed E-state index contributed by atoms with van der Waals surface area (Å²) in [5.41, 5.74) is 1.78. The van der Waals surface area contributed by atoms with Gasteiger partial charge in [0.15, 0.2) is 5.65 Å². The summed E-state index contributed by atoms with van der Waals surface area (Å²) < 4.78 is 1.44. The Morgan fingerprint density at radius 2 is 2.23 bits per heavy atom. The summed E-state index contributed by atoms with van der Waals surface area (Å²) in [6.45, 7) is 4.14. The first-order chi connectivity index (χ1) is 6.20. The number of aromatic hydroxyl groups is 1. The van der Waals surface area contributed by atoms with Crippen LogP contribution in [0.1, 0.15) is 25.3 Å². The van der Waals surface area contributed by atoms with Gasteiger partial charge in [0.1, 0.15) is 0 Å². The van der Waals surface area contributed by atoms with Crippen molar-refractivity contribution in [3.8, 4) is 5.88 Å². The van der Waals surface area contributed by atoms with Crippen LogP contribution in [0, 0.1) is 0 Å². The van der Waals surface area contributed by atoms with Gasteiger partial charge in [0.25, 0.3) is 0 Å². The van der Waals surface area contributed by atoms with Crippen LogP contribution in [0.25, 0.3) is 5.65 Å². The van der Waals surface area contributed by atoms with Gasteiger partial charge in [0, 0.05) is 17.8 Å². The molecule has 13 heavy (non-hydrogen) atoms. The number of hydrogen-bond acceptors (Lipinski definition) is 3. The number of aromatic nitrogens is 3. The molecule has 0 aromatic carbocycles. The zero-order chi connectivity index (χ0) is 9.42. The molecular formula is C9H11N3O. The van der Waals surface area contributed by atoms with Crippen LogP contribution < -0.4 is 0 Å². The van der Waals surface area contributed by atoms with Crippen molar-refractivity contribution in [2.24, 2.45) is 0 Å². The van der Waals surface area contributed by atoms with Gasteiger partial charge in [-0.05, 0) is 5.92 Å². The number of hydrogen-bond donors (Lipinski definition) is 1. The Morgan fingerprint density at radius 3 is 2.92 bits per heavy atom. The first kappa shape index (κ1) is 8.04. The third-order valence-electron chi connectivity index (χ3n) is 2.03. The predicted octanol–water partition coefficient (Wildman–Crippen LogP) is 1.56. The van der Waals surface area contributed by atoms with E-state index < -0.39 is 0 Å². The smallest absolute Gasteiger partial charge is 0.215 e. The fourth-order valence-electron chi connectivity index (χ4n) is 1.30. The average molecular weight is 177 g/mol. The summed E-state index contributed by atoms with van der Waals surface area (Å²) in [6, 6.07) is 1.52. The molecule has 0 aliphatic rings. The zero-order valence-corrected chi connectivity index (χ0v) is 7.60. The van der Waals surface area contributed by atoms with E-state index in [0.717, 1.165) is 11.2 Å². The molecule has 0 fully saturated rings. The summed E-state index contributed by atoms with van der Waals surface area (Å²) in [5.74, 6) is 0.490. The first-order valence-electron chi connectivity index (χ1n) is 4.21. The lowest BCUT2D eigenvalue weighted by Crippen LogP contribution is -1.92. The van der Waals surface area contributed by atoms with Crippen LogP contribution >= 0.6 is 0 Å². The Labute approximate surface area is 75.8 Å². The lowest BCUT2D eigenvalue weighted by Gasteiger charge is -2.00. The number of fused-ring (bicyclic) bond motifs is 1. The van der Waals surface area contributed by atoms with Gasteiger partial charge in [0.05, 0.1) is 6.20 Å². The van der Waals surface area contributed by atoms with Crippen molar-refractivity contribution in [3.05, 3.63) is 24.0 Å². The molecule has 4 heteroatoms. The van der Waals surface area contributed by atoms with E-state index in [1.165, 1.54) is 10.6 Å². The van der Waals surface area contributed by atoms with E-state index in [9.17, 15) is 5.11 Å². The number of nitrogens with zero attached hydrogens (tertiary/aromatic N) is 3. The van der Waals surface area contributed by atoms with E-state index in [4.69, 9.17) is 0 Å². The van der Waals surface area contributed by atoms with Gasteiger partial charge in [-0.2, -0.15) is 9.61 Å². The summed E-state index contributed by atoms with van der Waals surface area (Å²) in [7, 11) is 0. The van der Waals surface area contributed by atoms with Crippen molar-refractivity contribution in [3.63, 3.8) is 0 Å². The fourth-order valence-corrected chi connectivity index (χ4v) is 1.30. The molecule has 0 unspecified atom stereocenters. The highest BCUT2D eigenvalue weighted by molar-refractivity contribution is 5.49. The third kappa shape index (κ3) is 1.14. The van der Waals surface area contributed by atoms with Crippen LogP contribution in [-0.4, -0.2) is 19.7 Å². The molecule has 0 amide bonds. The molecule has 0 saturated heterocycles. The maximum Gasteiger partial charge on any atom is 0.215 e. The second-order valence-corrected chi connectivity index (χ2v) is 3.29. The topological polar surface area (TPSA) is 50.4 Å². The lowest BCUT2D eigenvalue weighted by atomic mass is 10.1. The van der Waals surface area contributed by atoms with Gasteiger partial charge in [-0.25, -0.2) is 4.98 Å². The minimum absolute atomic E-state index is 0.122. The lowest BCUT2D eigenvalue weighted by molar-refractivity contribution is 0.435. The van der Waals surface area contributed by atoms with Crippen LogP contribution in [0.5, 0.6) is 5.88 Å². The summed E-state index contributed by atoms with van der Waals surface area (Å²) >= 11 is 0. The highest BCUT2D eigenvalue weighted by atomic mass is 16.3. The van der Waals surface area contributed by atoms with Crippen LogP contribution in [0.4, 0.5) is 0 Å². The van der Waals surface area contributed by atoms with Crippen LogP contribution in [-0.2, 0) is 0 Å². The van der Waals surface area contributed by atoms with Gasteiger partial charge in [-0.15, -0.1) is 0 Å². The van der Waals surface area contributed by atoms with E-state index in [1.807, 2.05) is 0 Å². The highest BCUT2D eigenvalue weighted by Crippen LogP contribution is 2.20. The molecule has 2 rings (SSSR count). The predicted molar refractivity (Wildman–Crippen MR) is 48.7 cm³/mol. The van der Waals surface area contributed by atoms with E-state index in [1.54, 1.807) is 12.4 Å². The van der Waals surface area contributed by atoms with Crippen molar-refractivity contribution < 1.29 is 5.11 Å². The maximum absolute atomic E-state index is 9.43. The molecular weight excluding hydrogens is 166 g/mol. The molecule has 0 saturated carbocycles. The third-order valence-corrected chi connectivity index (χ3v) is 2.03. The summed E-state index contributed by atoms with van der Waals surface area (Å²) in [4.78, 5) is 4.16. The van der Waals surface area contributed by atoms with E-state index in [-0.39, 0.29) is 5.88 Å². The first-order valence-corrected chi connectivity index (χ1v) is 4.21. The normalized spacial score (nSPS) is 11.3. The minimum Gasteiger partial charge on any atom is -0.493 e. The Kier molecular flexibility index (Phi) is 1.69. The Morgan fingerprint density at radius 1 is 1.46 bits per heavy atom. The van der Waals surface area contributed by atoms with E-state index in [2.05, 4.69) is 23.9 Å².